The normalized spacial score (nSPS) is 25.5. The molecular weight excluding hydrogens is 452 g/mol. The second kappa shape index (κ2) is 12.5. The Balaban J connectivity index is 1.59. The molecule has 1 aliphatic carbocycles. The number of para-hydroxylation sites is 1. The van der Waals surface area contributed by atoms with E-state index in [1.54, 1.807) is 4.90 Å². The lowest BCUT2D eigenvalue weighted by atomic mass is 9.82. The Labute approximate surface area is 204 Å². The minimum absolute atomic E-state index is 0.0894. The van der Waals surface area contributed by atoms with Crippen LogP contribution in [0.3, 0.4) is 0 Å². The monoisotopic (exact) mass is 490 g/mol. The maximum absolute atomic E-state index is 12.4. The summed E-state index contributed by atoms with van der Waals surface area (Å²) in [5.74, 6) is 1.18. The minimum Gasteiger partial charge on any atom is -0.493 e. The molecule has 0 unspecified atom stereocenters. The predicted octanol–water partition coefficient (Wildman–Crippen LogP) is 3.78. The molecule has 2 fully saturated rings. The fraction of sp³-hybridized carbons (Fsp3) is 0.577. The number of hydrogen-bond donors (Lipinski definition) is 1. The summed E-state index contributed by atoms with van der Waals surface area (Å²) >= 11 is 0. The summed E-state index contributed by atoms with van der Waals surface area (Å²) in [6.07, 6.45) is 10.4. The highest BCUT2D eigenvalue weighted by molar-refractivity contribution is 7.88. The van der Waals surface area contributed by atoms with Crippen LogP contribution in [0.15, 0.2) is 49.6 Å². The number of sulfonamides is 1. The number of likely N-dealkylation sites (tertiary alicyclic amines) is 1. The molecule has 1 aromatic carbocycles. The van der Waals surface area contributed by atoms with Crippen LogP contribution in [0.1, 0.15) is 56.4 Å². The van der Waals surface area contributed by atoms with Crippen LogP contribution in [0, 0.1) is 0 Å². The Morgan fingerprint density at radius 3 is 2.59 bits per heavy atom. The average Bonchev–Trinajstić information content (AvgIpc) is 2.82. The smallest absolute Gasteiger partial charge is 0.246 e. The second-order valence-electron chi connectivity index (χ2n) is 9.21. The zero-order valence-electron chi connectivity index (χ0n) is 20.2. The minimum atomic E-state index is -3.39. The first-order valence-corrected chi connectivity index (χ1v) is 14.1. The summed E-state index contributed by atoms with van der Waals surface area (Å²) < 4.78 is 38.7. The number of nitrogens with one attached hydrogen (secondary N) is 1. The molecule has 34 heavy (non-hydrogen) atoms. The van der Waals surface area contributed by atoms with Gasteiger partial charge in [-0.1, -0.05) is 30.9 Å². The van der Waals surface area contributed by atoms with E-state index in [-0.39, 0.29) is 24.1 Å². The van der Waals surface area contributed by atoms with Gasteiger partial charge in [0.1, 0.15) is 5.75 Å². The number of carbonyl (C=O) groups excluding carboxylic acids is 1. The summed E-state index contributed by atoms with van der Waals surface area (Å²) in [5.41, 5.74) is 1.25. The zero-order chi connectivity index (χ0) is 24.6. The third-order valence-corrected chi connectivity index (χ3v) is 7.45. The average molecular weight is 491 g/mol. The zero-order valence-corrected chi connectivity index (χ0v) is 21.0. The Hall–Kier alpha value is -2.16. The van der Waals surface area contributed by atoms with E-state index in [1.165, 1.54) is 11.6 Å². The van der Waals surface area contributed by atoms with Gasteiger partial charge in [-0.2, -0.15) is 0 Å². The summed E-state index contributed by atoms with van der Waals surface area (Å²) in [5, 5.41) is 0. The van der Waals surface area contributed by atoms with Gasteiger partial charge in [0.05, 0.1) is 31.6 Å². The SMILES string of the molecule is C=CCCOc1ccccc1C1CCC(OC[C@H]2[C@@H](NS(C)(=O)=O)CCCN2C(=O)C=C)CC1. The van der Waals surface area contributed by atoms with Crippen LogP contribution in [-0.4, -0.2) is 63.4 Å². The molecule has 2 aliphatic rings. The molecule has 188 valence electrons. The van der Waals surface area contributed by atoms with Gasteiger partial charge in [0, 0.05) is 12.6 Å². The van der Waals surface area contributed by atoms with E-state index < -0.39 is 10.0 Å². The van der Waals surface area contributed by atoms with Gasteiger partial charge in [-0.25, -0.2) is 13.1 Å². The first kappa shape index (κ1) is 26.4. The van der Waals surface area contributed by atoms with Crippen LogP contribution in [0.5, 0.6) is 5.75 Å². The van der Waals surface area contributed by atoms with Crippen molar-refractivity contribution >= 4 is 15.9 Å². The first-order chi connectivity index (χ1) is 16.3. The molecule has 1 heterocycles. The number of benzene rings is 1. The van der Waals surface area contributed by atoms with Gasteiger partial charge in [0.15, 0.2) is 0 Å². The maximum Gasteiger partial charge on any atom is 0.246 e. The van der Waals surface area contributed by atoms with E-state index in [0.717, 1.165) is 50.5 Å². The number of amides is 1. The van der Waals surface area contributed by atoms with Crippen molar-refractivity contribution in [3.63, 3.8) is 0 Å². The second-order valence-corrected chi connectivity index (χ2v) is 11.0. The molecule has 1 aromatic rings. The highest BCUT2D eigenvalue weighted by atomic mass is 32.2. The van der Waals surface area contributed by atoms with Crippen molar-refractivity contribution < 1.29 is 22.7 Å². The molecule has 1 N–H and O–H groups in total. The predicted molar refractivity (Wildman–Crippen MR) is 134 cm³/mol. The Morgan fingerprint density at radius 2 is 1.91 bits per heavy atom. The number of nitrogens with zero attached hydrogens (tertiary/aromatic N) is 1. The molecule has 7 nitrogen and oxygen atoms in total. The molecule has 1 saturated carbocycles. The highest BCUT2D eigenvalue weighted by Gasteiger charge is 2.36. The van der Waals surface area contributed by atoms with E-state index in [1.807, 2.05) is 18.2 Å². The number of piperidine rings is 1. The number of ether oxygens (including phenoxy) is 2. The van der Waals surface area contributed by atoms with Crippen LogP contribution in [0.4, 0.5) is 0 Å². The lowest BCUT2D eigenvalue weighted by molar-refractivity contribution is -0.133. The topological polar surface area (TPSA) is 84.9 Å². The molecule has 1 saturated heterocycles. The first-order valence-electron chi connectivity index (χ1n) is 12.2. The largest absolute Gasteiger partial charge is 0.493 e. The number of rotatable bonds is 11. The van der Waals surface area contributed by atoms with E-state index in [9.17, 15) is 13.2 Å². The molecule has 0 radical (unpaired) electrons. The fourth-order valence-corrected chi connectivity index (χ4v) is 5.87. The molecule has 0 spiro atoms. The number of hydrogen-bond acceptors (Lipinski definition) is 5. The molecule has 2 atom stereocenters. The molecule has 0 bridgehead atoms. The van der Waals surface area contributed by atoms with Crippen molar-refractivity contribution in [1.82, 2.24) is 9.62 Å². The Bertz CT molecular complexity index is 940. The molecule has 8 heteroatoms. The highest BCUT2D eigenvalue weighted by Crippen LogP contribution is 2.38. The van der Waals surface area contributed by atoms with Crippen molar-refractivity contribution in [2.24, 2.45) is 0 Å². The third kappa shape index (κ3) is 7.42. The summed E-state index contributed by atoms with van der Waals surface area (Å²) in [4.78, 5) is 14.1. The van der Waals surface area contributed by atoms with Crippen molar-refractivity contribution in [2.45, 2.75) is 69.1 Å². The van der Waals surface area contributed by atoms with Crippen LogP contribution in [0.2, 0.25) is 0 Å². The lowest BCUT2D eigenvalue weighted by Crippen LogP contribution is -2.58. The summed E-state index contributed by atoms with van der Waals surface area (Å²) in [6, 6.07) is 7.54. The molecule has 1 aliphatic heterocycles. The fourth-order valence-electron chi connectivity index (χ4n) is 5.04. The molecule has 3 rings (SSSR count). The van der Waals surface area contributed by atoms with Crippen LogP contribution >= 0.6 is 0 Å². The van der Waals surface area contributed by atoms with Crippen LogP contribution in [0.25, 0.3) is 0 Å². The third-order valence-electron chi connectivity index (χ3n) is 6.72. The lowest BCUT2D eigenvalue weighted by Gasteiger charge is -2.41. The van der Waals surface area contributed by atoms with Crippen molar-refractivity contribution in [3.8, 4) is 5.75 Å². The Kier molecular flexibility index (Phi) is 9.74. The van der Waals surface area contributed by atoms with Gasteiger partial charge in [-0.05, 0) is 68.6 Å². The molecule has 0 aromatic heterocycles. The van der Waals surface area contributed by atoms with Crippen molar-refractivity contribution in [2.75, 3.05) is 26.0 Å². The van der Waals surface area contributed by atoms with Gasteiger partial charge in [-0.3, -0.25) is 4.79 Å². The van der Waals surface area contributed by atoms with Crippen LogP contribution < -0.4 is 9.46 Å². The molecule has 1 amide bonds. The summed E-state index contributed by atoms with van der Waals surface area (Å²) in [7, 11) is -3.39. The van der Waals surface area contributed by atoms with Gasteiger partial charge in [-0.15, -0.1) is 6.58 Å². The molecular formula is C26H38N2O5S. The quantitative estimate of drug-likeness (QED) is 0.290. The van der Waals surface area contributed by atoms with Gasteiger partial charge >= 0.3 is 0 Å². The van der Waals surface area contributed by atoms with Crippen LogP contribution in [-0.2, 0) is 19.6 Å². The summed E-state index contributed by atoms with van der Waals surface area (Å²) in [6.45, 7) is 8.87. The van der Waals surface area contributed by atoms with Crippen molar-refractivity contribution in [3.05, 3.63) is 55.1 Å². The van der Waals surface area contributed by atoms with E-state index in [2.05, 4.69) is 30.0 Å². The van der Waals surface area contributed by atoms with E-state index >= 15 is 0 Å². The van der Waals surface area contributed by atoms with E-state index in [0.29, 0.717) is 32.1 Å². The number of carbonyl (C=O) groups is 1. The van der Waals surface area contributed by atoms with Crippen molar-refractivity contribution in [1.29, 1.82) is 0 Å². The van der Waals surface area contributed by atoms with Gasteiger partial charge in [0.25, 0.3) is 0 Å². The van der Waals surface area contributed by atoms with E-state index in [4.69, 9.17) is 9.47 Å². The Morgan fingerprint density at radius 1 is 1.18 bits per heavy atom. The van der Waals surface area contributed by atoms with Gasteiger partial charge < -0.3 is 14.4 Å². The maximum atomic E-state index is 12.4. The van der Waals surface area contributed by atoms with Gasteiger partial charge in [0.2, 0.25) is 15.9 Å². The standard InChI is InChI=1S/C26H38N2O5S/c1-4-6-18-32-25-12-8-7-10-22(25)20-13-15-21(16-14-20)33-19-24-23(27-34(3,30)31)11-9-17-28(24)26(29)5-2/h4-5,7-8,10,12,20-21,23-24,27H,1-2,6,9,11,13-19H2,3H3/t20?,21?,23-,24-/m0/s1.